The Kier molecular flexibility index (Phi) is 6.60. The molecule has 4 heteroatoms. The fraction of sp³-hybridized carbons (Fsp3) is 0.632. The first-order valence-electron chi connectivity index (χ1n) is 8.30. The summed E-state index contributed by atoms with van der Waals surface area (Å²) in [6.07, 6.45) is 1.99. The number of rotatable bonds is 7. The normalized spacial score (nSPS) is 15.1. The van der Waals surface area contributed by atoms with Crippen LogP contribution in [0, 0.1) is 0 Å². The molecule has 0 bridgehead atoms. The second kappa shape index (κ2) is 7.62. The topological polar surface area (TPSA) is 35.5 Å². The standard InChI is InChI=1S/C19H32O3Si/c1-18(2,3)23(6,7)22-19(4,15-17(20)21-5)14-13-16-11-9-8-10-12-16/h8-12H,13-15H2,1-7H3/t19-/m1/s1. The summed E-state index contributed by atoms with van der Waals surface area (Å²) in [5.74, 6) is -0.209. The summed E-state index contributed by atoms with van der Waals surface area (Å²) in [6.45, 7) is 13.2. The number of ether oxygens (including phenoxy) is 1. The van der Waals surface area contributed by atoms with Gasteiger partial charge in [-0.3, -0.25) is 4.79 Å². The molecular formula is C19H32O3Si. The fourth-order valence-corrected chi connectivity index (χ4v) is 4.09. The van der Waals surface area contributed by atoms with Crippen LogP contribution in [0.1, 0.15) is 46.1 Å². The molecular weight excluding hydrogens is 304 g/mol. The third-order valence-electron chi connectivity index (χ3n) is 4.84. The Balaban J connectivity index is 2.91. The van der Waals surface area contributed by atoms with Crippen LogP contribution >= 0.6 is 0 Å². The van der Waals surface area contributed by atoms with Crippen molar-refractivity contribution in [1.82, 2.24) is 0 Å². The van der Waals surface area contributed by atoms with E-state index in [-0.39, 0.29) is 11.0 Å². The van der Waals surface area contributed by atoms with Crippen molar-refractivity contribution in [1.29, 1.82) is 0 Å². The van der Waals surface area contributed by atoms with Crippen molar-refractivity contribution in [3.8, 4) is 0 Å². The number of hydrogen-bond acceptors (Lipinski definition) is 3. The van der Waals surface area contributed by atoms with Gasteiger partial charge in [0.2, 0.25) is 0 Å². The lowest BCUT2D eigenvalue weighted by molar-refractivity contribution is -0.145. The SMILES string of the molecule is COC(=O)C[C@@](C)(CCc1ccccc1)O[Si](C)(C)C(C)(C)C. The van der Waals surface area contributed by atoms with E-state index in [0.29, 0.717) is 6.42 Å². The predicted molar refractivity (Wildman–Crippen MR) is 98.1 cm³/mol. The van der Waals surface area contributed by atoms with Crippen LogP contribution in [0.2, 0.25) is 18.1 Å². The molecule has 0 aromatic heterocycles. The zero-order valence-corrected chi connectivity index (χ0v) is 16.7. The minimum absolute atomic E-state index is 0.108. The van der Waals surface area contributed by atoms with E-state index in [0.717, 1.165) is 12.8 Å². The van der Waals surface area contributed by atoms with Gasteiger partial charge in [0.1, 0.15) is 0 Å². The van der Waals surface area contributed by atoms with Crippen LogP contribution in [0.15, 0.2) is 30.3 Å². The monoisotopic (exact) mass is 336 g/mol. The third kappa shape index (κ3) is 6.11. The molecule has 23 heavy (non-hydrogen) atoms. The molecule has 0 aliphatic carbocycles. The lowest BCUT2D eigenvalue weighted by Crippen LogP contribution is -2.49. The van der Waals surface area contributed by atoms with Crippen molar-refractivity contribution >= 4 is 14.3 Å². The highest BCUT2D eigenvalue weighted by molar-refractivity contribution is 6.74. The summed E-state index contributed by atoms with van der Waals surface area (Å²) < 4.78 is 11.5. The second-order valence-corrected chi connectivity index (χ2v) is 12.8. The van der Waals surface area contributed by atoms with Crippen LogP contribution in [0.5, 0.6) is 0 Å². The predicted octanol–water partition coefficient (Wildman–Crippen LogP) is 4.96. The maximum absolute atomic E-state index is 11.9. The largest absolute Gasteiger partial charge is 0.469 e. The molecule has 1 atom stereocenters. The molecule has 1 rings (SSSR count). The number of hydrogen-bond donors (Lipinski definition) is 0. The average molecular weight is 337 g/mol. The fourth-order valence-electron chi connectivity index (χ4n) is 2.38. The summed E-state index contributed by atoms with van der Waals surface area (Å²) >= 11 is 0. The molecule has 0 N–H and O–H groups in total. The maximum atomic E-state index is 11.9. The summed E-state index contributed by atoms with van der Waals surface area (Å²) in [5.41, 5.74) is 0.772. The van der Waals surface area contributed by atoms with Crippen LogP contribution in [0.4, 0.5) is 0 Å². The van der Waals surface area contributed by atoms with Crippen LogP contribution in [-0.4, -0.2) is 27.0 Å². The van der Waals surface area contributed by atoms with Crippen molar-refractivity contribution in [3.05, 3.63) is 35.9 Å². The van der Waals surface area contributed by atoms with Crippen LogP contribution in [-0.2, 0) is 20.4 Å². The van der Waals surface area contributed by atoms with Gasteiger partial charge in [0.25, 0.3) is 0 Å². The molecule has 1 aromatic carbocycles. The van der Waals surface area contributed by atoms with Gasteiger partial charge in [-0.1, -0.05) is 51.1 Å². The number of aryl methyl sites for hydroxylation is 1. The molecule has 0 radical (unpaired) electrons. The number of esters is 1. The molecule has 0 fully saturated rings. The Morgan fingerprint density at radius 3 is 2.13 bits per heavy atom. The first-order valence-corrected chi connectivity index (χ1v) is 11.2. The number of benzene rings is 1. The molecule has 3 nitrogen and oxygen atoms in total. The van der Waals surface area contributed by atoms with Crippen molar-refractivity contribution < 1.29 is 14.0 Å². The summed E-state index contributed by atoms with van der Waals surface area (Å²) in [6, 6.07) is 10.3. The summed E-state index contributed by atoms with van der Waals surface area (Å²) in [7, 11) is -0.529. The Bertz CT molecular complexity index is 505. The van der Waals surface area contributed by atoms with Gasteiger partial charge in [-0.25, -0.2) is 0 Å². The highest BCUT2D eigenvalue weighted by Gasteiger charge is 2.43. The lowest BCUT2D eigenvalue weighted by atomic mass is 9.94. The lowest BCUT2D eigenvalue weighted by Gasteiger charge is -2.44. The van der Waals surface area contributed by atoms with Crippen molar-refractivity contribution in [3.63, 3.8) is 0 Å². The van der Waals surface area contributed by atoms with E-state index in [9.17, 15) is 4.79 Å². The zero-order valence-electron chi connectivity index (χ0n) is 15.7. The summed E-state index contributed by atoms with van der Waals surface area (Å²) in [5, 5.41) is 0.108. The van der Waals surface area contributed by atoms with Gasteiger partial charge in [-0.05, 0) is 43.5 Å². The third-order valence-corrected chi connectivity index (χ3v) is 9.45. The van der Waals surface area contributed by atoms with Crippen molar-refractivity contribution in [2.45, 2.75) is 70.7 Å². The van der Waals surface area contributed by atoms with E-state index in [1.807, 2.05) is 25.1 Å². The van der Waals surface area contributed by atoms with E-state index in [1.165, 1.54) is 12.7 Å². The Labute approximate surface area is 142 Å². The average Bonchev–Trinajstić information content (AvgIpc) is 2.44. The molecule has 130 valence electrons. The Hall–Kier alpha value is -1.13. The molecule has 0 aliphatic heterocycles. The molecule has 0 amide bonds. The van der Waals surface area contributed by atoms with Crippen LogP contribution < -0.4 is 0 Å². The molecule has 0 saturated carbocycles. The van der Waals surface area contributed by atoms with Gasteiger partial charge in [-0.15, -0.1) is 0 Å². The quantitative estimate of drug-likeness (QED) is 0.521. The smallest absolute Gasteiger partial charge is 0.308 e. The molecule has 0 heterocycles. The van der Waals surface area contributed by atoms with Crippen LogP contribution in [0.3, 0.4) is 0 Å². The van der Waals surface area contributed by atoms with Gasteiger partial charge in [0, 0.05) is 0 Å². The minimum atomic E-state index is -1.97. The second-order valence-electron chi connectivity index (χ2n) is 8.05. The van der Waals surface area contributed by atoms with Crippen molar-refractivity contribution in [2.75, 3.05) is 7.11 Å². The minimum Gasteiger partial charge on any atom is -0.469 e. The summed E-state index contributed by atoms with van der Waals surface area (Å²) in [4.78, 5) is 11.9. The van der Waals surface area contributed by atoms with E-state index in [2.05, 4.69) is 46.0 Å². The Morgan fingerprint density at radius 1 is 1.09 bits per heavy atom. The molecule has 1 aromatic rings. The van der Waals surface area contributed by atoms with E-state index < -0.39 is 13.9 Å². The van der Waals surface area contributed by atoms with Gasteiger partial charge >= 0.3 is 5.97 Å². The zero-order chi connectivity index (χ0) is 17.7. The van der Waals surface area contributed by atoms with E-state index in [4.69, 9.17) is 9.16 Å². The highest BCUT2D eigenvalue weighted by atomic mass is 28.4. The van der Waals surface area contributed by atoms with E-state index in [1.54, 1.807) is 0 Å². The molecule has 0 spiro atoms. The highest BCUT2D eigenvalue weighted by Crippen LogP contribution is 2.41. The molecule has 0 unspecified atom stereocenters. The molecule has 0 aliphatic rings. The van der Waals surface area contributed by atoms with Gasteiger partial charge < -0.3 is 9.16 Å². The first kappa shape index (κ1) is 19.9. The maximum Gasteiger partial charge on any atom is 0.308 e. The van der Waals surface area contributed by atoms with Gasteiger partial charge in [0.15, 0.2) is 8.32 Å². The van der Waals surface area contributed by atoms with Gasteiger partial charge in [-0.2, -0.15) is 0 Å². The van der Waals surface area contributed by atoms with E-state index >= 15 is 0 Å². The number of carbonyl (C=O) groups excluding carboxylic acids is 1. The molecule has 0 saturated heterocycles. The number of methoxy groups -OCH3 is 1. The Morgan fingerprint density at radius 2 is 1.65 bits per heavy atom. The van der Waals surface area contributed by atoms with Crippen LogP contribution in [0.25, 0.3) is 0 Å². The number of carbonyl (C=O) groups is 1. The first-order chi connectivity index (χ1) is 10.5. The van der Waals surface area contributed by atoms with Gasteiger partial charge in [0.05, 0.1) is 19.1 Å². The van der Waals surface area contributed by atoms with Crippen molar-refractivity contribution in [2.24, 2.45) is 0 Å².